The molecule has 0 fully saturated rings. The lowest BCUT2D eigenvalue weighted by Gasteiger charge is -1.96. The minimum Gasteiger partial charge on any atom is -0.319 e. The van der Waals surface area contributed by atoms with Crippen molar-refractivity contribution in [1.82, 2.24) is 4.57 Å². The molecular weight excluding hydrogens is 336 g/mol. The van der Waals surface area contributed by atoms with Gasteiger partial charge >= 0.3 is 0 Å². The molecule has 6 nitrogen and oxygen atoms in total. The zero-order valence-corrected chi connectivity index (χ0v) is 13.5. The standard InChI is InChI=1S/C12H11ClN2O4S2/c1-7(16)21(18,19)6-11(17)14-12-15(2)9-4-3-8(13)5-10(9)20-12/h3-5H,6H2,1-2H3. The number of thiazole rings is 1. The van der Waals surface area contributed by atoms with Crippen LogP contribution in [-0.4, -0.2) is 29.8 Å². The fourth-order valence-electron chi connectivity index (χ4n) is 1.62. The first kappa shape index (κ1) is 15.9. The maximum atomic E-state index is 11.7. The maximum absolute atomic E-state index is 11.7. The number of sulfone groups is 1. The Labute approximate surface area is 129 Å². The van der Waals surface area contributed by atoms with Crippen LogP contribution in [0.15, 0.2) is 23.2 Å². The Morgan fingerprint density at radius 1 is 1.38 bits per heavy atom. The van der Waals surface area contributed by atoms with Crippen molar-refractivity contribution < 1.29 is 18.0 Å². The van der Waals surface area contributed by atoms with Gasteiger partial charge in [-0.1, -0.05) is 22.9 Å². The van der Waals surface area contributed by atoms with E-state index >= 15 is 0 Å². The number of carbonyl (C=O) groups is 2. The van der Waals surface area contributed by atoms with Gasteiger partial charge in [0, 0.05) is 19.0 Å². The topological polar surface area (TPSA) is 85.6 Å². The van der Waals surface area contributed by atoms with Crippen LogP contribution in [-0.2, 0) is 26.5 Å². The minimum absolute atomic E-state index is 0.344. The third-order valence-corrected chi connectivity index (χ3v) is 5.58. The van der Waals surface area contributed by atoms with E-state index in [0.717, 1.165) is 17.1 Å². The van der Waals surface area contributed by atoms with E-state index in [4.69, 9.17) is 11.6 Å². The van der Waals surface area contributed by atoms with E-state index in [9.17, 15) is 18.0 Å². The highest BCUT2D eigenvalue weighted by Gasteiger charge is 2.21. The summed E-state index contributed by atoms with van der Waals surface area (Å²) in [6.45, 7) is 0.907. The lowest BCUT2D eigenvalue weighted by molar-refractivity contribution is -0.116. The van der Waals surface area contributed by atoms with Gasteiger partial charge in [0.05, 0.1) is 10.2 Å². The molecule has 21 heavy (non-hydrogen) atoms. The quantitative estimate of drug-likeness (QED) is 0.819. The molecule has 1 aromatic heterocycles. The van der Waals surface area contributed by atoms with Gasteiger partial charge in [-0.15, -0.1) is 0 Å². The van der Waals surface area contributed by atoms with Gasteiger partial charge in [0.15, 0.2) is 4.80 Å². The van der Waals surface area contributed by atoms with Crippen molar-refractivity contribution in [3.8, 4) is 0 Å². The molecule has 0 unspecified atom stereocenters. The number of nitrogens with zero attached hydrogens (tertiary/aromatic N) is 2. The van der Waals surface area contributed by atoms with E-state index in [2.05, 4.69) is 4.99 Å². The number of carbonyl (C=O) groups excluding carboxylic acids is 2. The van der Waals surface area contributed by atoms with E-state index in [1.807, 2.05) is 0 Å². The van der Waals surface area contributed by atoms with Crippen LogP contribution in [0.5, 0.6) is 0 Å². The molecule has 1 amide bonds. The van der Waals surface area contributed by atoms with Crippen LogP contribution in [0.3, 0.4) is 0 Å². The summed E-state index contributed by atoms with van der Waals surface area (Å²) in [6, 6.07) is 5.23. The third kappa shape index (κ3) is 3.39. The number of hydrogen-bond acceptors (Lipinski definition) is 5. The highest BCUT2D eigenvalue weighted by molar-refractivity contribution is 8.06. The summed E-state index contributed by atoms with van der Waals surface area (Å²) in [5.41, 5.74) is 0.824. The molecule has 0 saturated heterocycles. The van der Waals surface area contributed by atoms with Gasteiger partial charge in [-0.3, -0.25) is 9.59 Å². The van der Waals surface area contributed by atoms with Gasteiger partial charge in [0.1, 0.15) is 5.75 Å². The molecule has 112 valence electrons. The first-order valence-corrected chi connectivity index (χ1v) is 8.61. The summed E-state index contributed by atoms with van der Waals surface area (Å²) in [5, 5.41) is -0.486. The lowest BCUT2D eigenvalue weighted by atomic mass is 10.3. The van der Waals surface area contributed by atoms with Crippen molar-refractivity contribution in [2.24, 2.45) is 12.0 Å². The van der Waals surface area contributed by atoms with E-state index in [-0.39, 0.29) is 0 Å². The average molecular weight is 347 g/mol. The van der Waals surface area contributed by atoms with Gasteiger partial charge in [0.2, 0.25) is 15.0 Å². The fourth-order valence-corrected chi connectivity index (χ4v) is 3.52. The maximum Gasteiger partial charge on any atom is 0.264 e. The molecule has 0 aliphatic carbocycles. The van der Waals surface area contributed by atoms with E-state index in [1.54, 1.807) is 29.8 Å². The molecule has 2 rings (SSSR count). The largest absolute Gasteiger partial charge is 0.319 e. The normalized spacial score (nSPS) is 12.8. The van der Waals surface area contributed by atoms with Gasteiger partial charge in [-0.2, -0.15) is 4.99 Å². The summed E-state index contributed by atoms with van der Waals surface area (Å²) in [5.74, 6) is -1.80. The van der Waals surface area contributed by atoms with Crippen molar-refractivity contribution in [2.45, 2.75) is 6.92 Å². The smallest absolute Gasteiger partial charge is 0.264 e. The van der Waals surface area contributed by atoms with Crippen molar-refractivity contribution in [3.63, 3.8) is 0 Å². The Hall–Kier alpha value is -1.51. The first-order chi connectivity index (χ1) is 9.70. The second-order valence-electron chi connectivity index (χ2n) is 4.31. The molecule has 9 heteroatoms. The zero-order valence-electron chi connectivity index (χ0n) is 11.2. The number of fused-ring (bicyclic) bond motifs is 1. The number of benzene rings is 1. The SMILES string of the molecule is CC(=O)S(=O)(=O)CC(=O)N=c1sc2cc(Cl)ccc2n1C. The third-order valence-electron chi connectivity index (χ3n) is 2.74. The molecule has 0 atom stereocenters. The Morgan fingerprint density at radius 3 is 2.67 bits per heavy atom. The Balaban J connectivity index is 2.44. The lowest BCUT2D eigenvalue weighted by Crippen LogP contribution is -2.23. The summed E-state index contributed by atoms with van der Waals surface area (Å²) < 4.78 is 25.2. The summed E-state index contributed by atoms with van der Waals surface area (Å²) in [7, 11) is -2.37. The van der Waals surface area contributed by atoms with Crippen LogP contribution >= 0.6 is 22.9 Å². The number of rotatable bonds is 2. The van der Waals surface area contributed by atoms with Crippen molar-refractivity contribution in [1.29, 1.82) is 0 Å². The van der Waals surface area contributed by atoms with Crippen molar-refractivity contribution >= 4 is 54.0 Å². The summed E-state index contributed by atoms with van der Waals surface area (Å²) >= 11 is 7.10. The van der Waals surface area contributed by atoms with Crippen LogP contribution in [0.2, 0.25) is 5.02 Å². The van der Waals surface area contributed by atoms with Gasteiger partial charge in [0.25, 0.3) is 5.91 Å². The highest BCUT2D eigenvalue weighted by Crippen LogP contribution is 2.20. The van der Waals surface area contributed by atoms with Crippen LogP contribution in [0.1, 0.15) is 6.92 Å². The van der Waals surface area contributed by atoms with Gasteiger partial charge < -0.3 is 4.57 Å². The second kappa shape index (κ2) is 5.70. The fraction of sp³-hybridized carbons (Fsp3) is 0.250. The molecular formula is C12H11ClN2O4S2. The summed E-state index contributed by atoms with van der Waals surface area (Å²) in [6.07, 6.45) is 0. The Kier molecular flexibility index (Phi) is 4.31. The van der Waals surface area contributed by atoms with Gasteiger partial charge in [-0.25, -0.2) is 8.42 Å². The Morgan fingerprint density at radius 2 is 2.05 bits per heavy atom. The first-order valence-electron chi connectivity index (χ1n) is 5.76. The monoisotopic (exact) mass is 346 g/mol. The number of aromatic nitrogens is 1. The molecule has 0 saturated carbocycles. The minimum atomic E-state index is -4.08. The van der Waals surface area contributed by atoms with Crippen LogP contribution in [0.4, 0.5) is 0 Å². The molecule has 0 bridgehead atoms. The molecule has 2 aromatic rings. The average Bonchev–Trinajstić information content (AvgIpc) is 2.64. The number of halogens is 1. The van der Waals surface area contributed by atoms with Crippen molar-refractivity contribution in [2.75, 3.05) is 5.75 Å². The molecule has 0 aliphatic heterocycles. The molecule has 0 N–H and O–H groups in total. The van der Waals surface area contributed by atoms with E-state index in [0.29, 0.717) is 9.82 Å². The summed E-state index contributed by atoms with van der Waals surface area (Å²) in [4.78, 5) is 26.7. The van der Waals surface area contributed by atoms with Crippen molar-refractivity contribution in [3.05, 3.63) is 28.0 Å². The molecule has 0 radical (unpaired) electrons. The van der Waals surface area contributed by atoms with Crippen LogP contribution < -0.4 is 4.80 Å². The number of hydrogen-bond donors (Lipinski definition) is 0. The predicted molar refractivity (Wildman–Crippen MR) is 80.8 cm³/mol. The number of aryl methyl sites for hydroxylation is 1. The van der Waals surface area contributed by atoms with E-state index < -0.39 is 26.6 Å². The van der Waals surface area contributed by atoms with E-state index in [1.165, 1.54) is 11.3 Å². The molecule has 0 aliphatic rings. The second-order valence-corrected chi connectivity index (χ2v) is 7.85. The molecule has 0 spiro atoms. The molecule has 1 heterocycles. The zero-order chi connectivity index (χ0) is 15.8. The predicted octanol–water partition coefficient (Wildman–Crippen LogP) is 1.28. The highest BCUT2D eigenvalue weighted by atomic mass is 35.5. The van der Waals surface area contributed by atoms with Crippen LogP contribution in [0, 0.1) is 0 Å². The van der Waals surface area contributed by atoms with Gasteiger partial charge in [-0.05, 0) is 18.2 Å². The Bertz CT molecular complexity index is 909. The number of amides is 1. The van der Waals surface area contributed by atoms with Crippen LogP contribution in [0.25, 0.3) is 10.2 Å². The molecule has 1 aromatic carbocycles.